The molecule has 2 aromatic carbocycles. The van der Waals surface area contributed by atoms with Crippen LogP contribution in [-0.4, -0.2) is 60.4 Å². The predicted octanol–water partition coefficient (Wildman–Crippen LogP) is 4.03. The second-order valence-electron chi connectivity index (χ2n) is 9.70. The predicted molar refractivity (Wildman–Crippen MR) is 134 cm³/mol. The number of amides is 2. The number of nitrogens with zero attached hydrogens (tertiary/aromatic N) is 2. The Hall–Kier alpha value is -2.86. The number of ether oxygens (including phenoxy) is 1. The average Bonchev–Trinajstić information content (AvgIpc) is 2.83. The van der Waals surface area contributed by atoms with Crippen molar-refractivity contribution in [3.63, 3.8) is 0 Å². The fraction of sp³-hybridized carbons (Fsp3) is 0.500. The van der Waals surface area contributed by atoms with Crippen LogP contribution in [0.25, 0.3) is 0 Å². The van der Waals surface area contributed by atoms with Gasteiger partial charge in [-0.15, -0.1) is 0 Å². The van der Waals surface area contributed by atoms with Crippen molar-refractivity contribution in [2.45, 2.75) is 52.1 Å². The standard InChI is InChI=1S/C28H37N3O3/c1-21-10-12-23(13-11-21)19-30-15-6-5-7-24-14-16-31(22(2)32)20-26(24)29-28(33)25-8-3-4-9-27(25)34-18-17-30/h3-4,8-13,24,26H,5-7,14-20H2,1-2H3,(H,29,33)/t24-,26+/m1/s1. The lowest BCUT2D eigenvalue weighted by atomic mass is 9.86. The molecule has 34 heavy (non-hydrogen) atoms. The van der Waals surface area contributed by atoms with Crippen molar-refractivity contribution < 1.29 is 14.3 Å². The van der Waals surface area contributed by atoms with Crippen LogP contribution in [0.3, 0.4) is 0 Å². The molecule has 6 heteroatoms. The van der Waals surface area contributed by atoms with Crippen molar-refractivity contribution in [3.05, 3.63) is 65.2 Å². The summed E-state index contributed by atoms with van der Waals surface area (Å²) in [5.74, 6) is 0.941. The Balaban J connectivity index is 1.51. The molecule has 0 radical (unpaired) electrons. The average molecular weight is 464 g/mol. The summed E-state index contributed by atoms with van der Waals surface area (Å²) >= 11 is 0. The summed E-state index contributed by atoms with van der Waals surface area (Å²) in [5, 5.41) is 3.24. The van der Waals surface area contributed by atoms with Crippen molar-refractivity contribution >= 4 is 11.8 Å². The van der Waals surface area contributed by atoms with E-state index >= 15 is 0 Å². The molecule has 2 aromatic rings. The van der Waals surface area contributed by atoms with Crippen LogP contribution in [0, 0.1) is 12.8 Å². The second-order valence-corrected chi connectivity index (χ2v) is 9.70. The number of piperidine rings is 1. The SMILES string of the molecule is CC(=O)N1CC[C@H]2CCCCN(Cc3ccc(C)cc3)CCOc3ccccc3C(=O)N[C@H]2C1. The number of para-hydroxylation sites is 1. The van der Waals surface area contributed by atoms with Crippen molar-refractivity contribution in [2.24, 2.45) is 5.92 Å². The smallest absolute Gasteiger partial charge is 0.255 e. The first kappa shape index (κ1) is 24.3. The molecule has 1 N–H and O–H groups in total. The Morgan fingerprint density at radius 3 is 2.62 bits per heavy atom. The lowest BCUT2D eigenvalue weighted by Crippen LogP contribution is -2.53. The Morgan fingerprint density at radius 2 is 1.82 bits per heavy atom. The summed E-state index contributed by atoms with van der Waals surface area (Å²) < 4.78 is 6.12. The minimum absolute atomic E-state index is 0.0372. The fourth-order valence-electron chi connectivity index (χ4n) is 5.07. The molecule has 0 aromatic heterocycles. The molecule has 0 spiro atoms. The topological polar surface area (TPSA) is 61.9 Å². The molecule has 2 atom stereocenters. The quantitative estimate of drug-likeness (QED) is 0.731. The molecule has 182 valence electrons. The van der Waals surface area contributed by atoms with Crippen LogP contribution >= 0.6 is 0 Å². The number of carbonyl (C=O) groups excluding carboxylic acids is 2. The van der Waals surface area contributed by atoms with E-state index in [1.807, 2.05) is 29.2 Å². The van der Waals surface area contributed by atoms with Gasteiger partial charge in [-0.1, -0.05) is 48.4 Å². The summed E-state index contributed by atoms with van der Waals surface area (Å²) in [4.78, 5) is 29.6. The van der Waals surface area contributed by atoms with Gasteiger partial charge >= 0.3 is 0 Å². The lowest BCUT2D eigenvalue weighted by molar-refractivity contribution is -0.130. The normalized spacial score (nSPS) is 22.5. The van der Waals surface area contributed by atoms with Crippen LogP contribution in [0.5, 0.6) is 5.75 Å². The summed E-state index contributed by atoms with van der Waals surface area (Å²) in [5.41, 5.74) is 3.14. The van der Waals surface area contributed by atoms with Crippen LogP contribution < -0.4 is 10.1 Å². The molecule has 0 saturated carbocycles. The molecule has 1 saturated heterocycles. The summed E-state index contributed by atoms with van der Waals surface area (Å²) in [6.07, 6.45) is 4.21. The highest BCUT2D eigenvalue weighted by Gasteiger charge is 2.32. The van der Waals surface area contributed by atoms with Gasteiger partial charge in [0.25, 0.3) is 5.91 Å². The zero-order chi connectivity index (χ0) is 23.9. The van der Waals surface area contributed by atoms with Gasteiger partial charge in [0.15, 0.2) is 0 Å². The molecule has 0 bridgehead atoms. The van der Waals surface area contributed by atoms with Crippen LogP contribution in [0.4, 0.5) is 0 Å². The van der Waals surface area contributed by atoms with Gasteiger partial charge in [-0.25, -0.2) is 0 Å². The van der Waals surface area contributed by atoms with Crippen LogP contribution in [-0.2, 0) is 11.3 Å². The highest BCUT2D eigenvalue weighted by molar-refractivity contribution is 5.97. The molecule has 4 rings (SSSR count). The Labute approximate surface area is 203 Å². The van der Waals surface area contributed by atoms with Crippen molar-refractivity contribution in [1.82, 2.24) is 15.1 Å². The minimum atomic E-state index is -0.121. The van der Waals surface area contributed by atoms with Crippen LogP contribution in [0.1, 0.15) is 54.1 Å². The molecule has 0 aliphatic carbocycles. The number of aryl methyl sites for hydroxylation is 1. The maximum atomic E-state index is 13.2. The first-order chi connectivity index (χ1) is 16.5. The molecule has 0 unspecified atom stereocenters. The van der Waals surface area contributed by atoms with E-state index in [4.69, 9.17) is 4.74 Å². The molecule has 2 heterocycles. The Bertz CT molecular complexity index is 975. The Kier molecular flexibility index (Phi) is 8.22. The number of benzene rings is 2. The van der Waals surface area contributed by atoms with Gasteiger partial charge in [0, 0.05) is 39.1 Å². The van der Waals surface area contributed by atoms with Crippen molar-refractivity contribution in [2.75, 3.05) is 32.8 Å². The van der Waals surface area contributed by atoms with Crippen molar-refractivity contribution in [1.29, 1.82) is 0 Å². The highest BCUT2D eigenvalue weighted by atomic mass is 16.5. The fourth-order valence-corrected chi connectivity index (χ4v) is 5.07. The van der Waals surface area contributed by atoms with Gasteiger partial charge in [-0.2, -0.15) is 0 Å². The second kappa shape index (κ2) is 11.5. The molecule has 6 nitrogen and oxygen atoms in total. The number of fused-ring (bicyclic) bond motifs is 2. The monoisotopic (exact) mass is 463 g/mol. The molecule has 2 aliphatic heterocycles. The largest absolute Gasteiger partial charge is 0.491 e. The summed E-state index contributed by atoms with van der Waals surface area (Å²) in [6.45, 7) is 8.31. The van der Waals surface area contributed by atoms with Gasteiger partial charge in [0.1, 0.15) is 12.4 Å². The molecule has 2 amide bonds. The zero-order valence-corrected chi connectivity index (χ0v) is 20.5. The molecular weight excluding hydrogens is 426 g/mol. The van der Waals surface area contributed by atoms with Crippen molar-refractivity contribution in [3.8, 4) is 5.75 Å². The number of hydrogen-bond acceptors (Lipinski definition) is 4. The third-order valence-electron chi connectivity index (χ3n) is 7.14. The van der Waals surface area contributed by atoms with Crippen LogP contribution in [0.2, 0.25) is 0 Å². The van der Waals surface area contributed by atoms with E-state index in [0.717, 1.165) is 51.9 Å². The first-order valence-electron chi connectivity index (χ1n) is 12.6. The number of likely N-dealkylation sites (tertiary alicyclic amines) is 1. The van der Waals surface area contributed by atoms with Gasteiger partial charge < -0.3 is 15.0 Å². The minimum Gasteiger partial charge on any atom is -0.491 e. The number of nitrogens with one attached hydrogen (secondary N) is 1. The van der Waals surface area contributed by atoms with Gasteiger partial charge in [0.2, 0.25) is 5.91 Å². The molecular formula is C28H37N3O3. The maximum Gasteiger partial charge on any atom is 0.255 e. The van der Waals surface area contributed by atoms with Gasteiger partial charge in [-0.3, -0.25) is 14.5 Å². The van der Waals surface area contributed by atoms with E-state index < -0.39 is 0 Å². The maximum absolute atomic E-state index is 13.2. The lowest BCUT2D eigenvalue weighted by Gasteiger charge is -2.39. The summed E-state index contributed by atoms with van der Waals surface area (Å²) in [6, 6.07) is 16.2. The highest BCUT2D eigenvalue weighted by Crippen LogP contribution is 2.26. The van der Waals surface area contributed by atoms with E-state index in [-0.39, 0.29) is 17.9 Å². The van der Waals surface area contributed by atoms with E-state index in [2.05, 4.69) is 41.4 Å². The number of carbonyl (C=O) groups is 2. The Morgan fingerprint density at radius 1 is 1.03 bits per heavy atom. The molecule has 2 aliphatic rings. The third-order valence-corrected chi connectivity index (χ3v) is 7.14. The van der Waals surface area contributed by atoms with E-state index in [1.54, 1.807) is 6.92 Å². The van der Waals surface area contributed by atoms with E-state index in [0.29, 0.717) is 30.4 Å². The molecule has 1 fully saturated rings. The van der Waals surface area contributed by atoms with Gasteiger partial charge in [0.05, 0.1) is 5.56 Å². The first-order valence-corrected chi connectivity index (χ1v) is 12.6. The van der Waals surface area contributed by atoms with Gasteiger partial charge in [-0.05, 0) is 56.3 Å². The van der Waals surface area contributed by atoms with E-state index in [1.165, 1.54) is 11.1 Å². The van der Waals surface area contributed by atoms with E-state index in [9.17, 15) is 9.59 Å². The number of hydrogen-bond donors (Lipinski definition) is 1. The zero-order valence-electron chi connectivity index (χ0n) is 20.5. The summed E-state index contributed by atoms with van der Waals surface area (Å²) in [7, 11) is 0. The number of rotatable bonds is 2. The van der Waals surface area contributed by atoms with Crippen LogP contribution in [0.15, 0.2) is 48.5 Å². The third kappa shape index (κ3) is 6.38.